The molecule has 0 bridgehead atoms. The Morgan fingerprint density at radius 1 is 0.632 bits per heavy atom. The molecule has 0 saturated heterocycles. The first-order valence-electron chi connectivity index (χ1n) is 7.06. The van der Waals surface area contributed by atoms with Gasteiger partial charge in [-0.2, -0.15) is 0 Å². The molecule has 0 amide bonds. The van der Waals surface area contributed by atoms with Gasteiger partial charge in [-0.05, 0) is 75.5 Å². The molecule has 0 nitrogen and oxygen atoms in total. The molecule has 2 aromatic carbocycles. The molecule has 2 aromatic rings. The highest BCUT2D eigenvalue weighted by Crippen LogP contribution is 2.40. The van der Waals surface area contributed by atoms with Gasteiger partial charge in [0, 0.05) is 0 Å². The summed E-state index contributed by atoms with van der Waals surface area (Å²) < 4.78 is 0. The summed E-state index contributed by atoms with van der Waals surface area (Å²) >= 11 is 0. The van der Waals surface area contributed by atoms with Crippen LogP contribution in [0.25, 0.3) is 29.0 Å². The fraction of sp³-hybridized carbons (Fsp3) is 0.158. The SMILES string of the molecule is C1=Cc2cc3c4c(c5c(c3cc2C1)C=CC5)CC=C4. The maximum Gasteiger partial charge on any atom is -0.00849 e. The second-order valence-electron chi connectivity index (χ2n) is 5.70. The summed E-state index contributed by atoms with van der Waals surface area (Å²) in [6.45, 7) is 0. The van der Waals surface area contributed by atoms with Gasteiger partial charge in [0.05, 0.1) is 0 Å². The Morgan fingerprint density at radius 3 is 2.00 bits per heavy atom. The van der Waals surface area contributed by atoms with Crippen molar-refractivity contribution in [1.29, 1.82) is 0 Å². The molecule has 0 fully saturated rings. The van der Waals surface area contributed by atoms with Crippen LogP contribution in [0.1, 0.15) is 33.4 Å². The lowest BCUT2D eigenvalue weighted by atomic mass is 9.89. The molecule has 0 spiro atoms. The van der Waals surface area contributed by atoms with Crippen molar-refractivity contribution < 1.29 is 0 Å². The average Bonchev–Trinajstić information content (AvgIpc) is 3.15. The number of allylic oxidation sites excluding steroid dienone is 3. The minimum absolute atomic E-state index is 1.09. The second-order valence-corrected chi connectivity index (χ2v) is 5.70. The molecule has 0 saturated carbocycles. The van der Waals surface area contributed by atoms with E-state index in [-0.39, 0.29) is 0 Å². The molecule has 0 heterocycles. The fourth-order valence-electron chi connectivity index (χ4n) is 3.84. The molecule has 90 valence electrons. The van der Waals surface area contributed by atoms with Crippen LogP contribution in [0.4, 0.5) is 0 Å². The summed E-state index contributed by atoms with van der Waals surface area (Å²) in [6.07, 6.45) is 17.1. The van der Waals surface area contributed by atoms with Gasteiger partial charge >= 0.3 is 0 Å². The van der Waals surface area contributed by atoms with E-state index in [1.807, 2.05) is 0 Å². The molecule has 0 N–H and O–H groups in total. The van der Waals surface area contributed by atoms with E-state index in [0.29, 0.717) is 0 Å². The van der Waals surface area contributed by atoms with E-state index in [2.05, 4.69) is 48.6 Å². The number of fused-ring (bicyclic) bond motifs is 7. The van der Waals surface area contributed by atoms with Crippen molar-refractivity contribution in [2.45, 2.75) is 19.3 Å². The highest BCUT2D eigenvalue weighted by atomic mass is 14.3. The molecule has 0 heteroatoms. The van der Waals surface area contributed by atoms with E-state index >= 15 is 0 Å². The Balaban J connectivity index is 2.01. The Hall–Kier alpha value is -2.08. The van der Waals surface area contributed by atoms with Gasteiger partial charge in [-0.25, -0.2) is 0 Å². The number of rotatable bonds is 0. The summed E-state index contributed by atoms with van der Waals surface area (Å²) in [5.74, 6) is 0. The third kappa shape index (κ3) is 1.14. The van der Waals surface area contributed by atoms with Crippen LogP contribution < -0.4 is 0 Å². The van der Waals surface area contributed by atoms with Gasteiger partial charge in [0.25, 0.3) is 0 Å². The van der Waals surface area contributed by atoms with E-state index in [9.17, 15) is 0 Å². The summed E-state index contributed by atoms with van der Waals surface area (Å²) in [5, 5.41) is 2.90. The van der Waals surface area contributed by atoms with Crippen molar-refractivity contribution in [2.75, 3.05) is 0 Å². The quantitative estimate of drug-likeness (QED) is 0.636. The van der Waals surface area contributed by atoms with E-state index < -0.39 is 0 Å². The third-order valence-electron chi connectivity index (χ3n) is 4.72. The van der Waals surface area contributed by atoms with Crippen molar-refractivity contribution >= 4 is 29.0 Å². The Labute approximate surface area is 112 Å². The monoisotopic (exact) mass is 242 g/mol. The number of benzene rings is 2. The molecule has 19 heavy (non-hydrogen) atoms. The summed E-state index contributed by atoms with van der Waals surface area (Å²) in [4.78, 5) is 0. The van der Waals surface area contributed by atoms with Crippen LogP contribution in [0.2, 0.25) is 0 Å². The van der Waals surface area contributed by atoms with Gasteiger partial charge in [-0.15, -0.1) is 0 Å². The Kier molecular flexibility index (Phi) is 1.69. The first-order chi connectivity index (χ1) is 9.42. The minimum atomic E-state index is 1.09. The Bertz CT molecular complexity index is 829. The van der Waals surface area contributed by atoms with Crippen molar-refractivity contribution in [3.8, 4) is 0 Å². The molecular weight excluding hydrogens is 228 g/mol. The van der Waals surface area contributed by atoms with E-state index in [4.69, 9.17) is 0 Å². The lowest BCUT2D eigenvalue weighted by Gasteiger charge is -2.14. The normalized spacial score (nSPS) is 17.3. The third-order valence-corrected chi connectivity index (χ3v) is 4.72. The van der Waals surface area contributed by atoms with Crippen LogP contribution in [0, 0.1) is 0 Å². The smallest absolute Gasteiger partial charge is 0.00849 e. The van der Waals surface area contributed by atoms with Gasteiger partial charge in [-0.3, -0.25) is 0 Å². The number of hydrogen-bond donors (Lipinski definition) is 0. The van der Waals surface area contributed by atoms with Gasteiger partial charge in [0.15, 0.2) is 0 Å². The van der Waals surface area contributed by atoms with Crippen molar-refractivity contribution in [2.24, 2.45) is 0 Å². The first kappa shape index (κ1) is 9.80. The Morgan fingerprint density at radius 2 is 1.26 bits per heavy atom. The molecule has 3 aliphatic rings. The van der Waals surface area contributed by atoms with E-state index in [1.165, 1.54) is 33.0 Å². The topological polar surface area (TPSA) is 0 Å². The summed E-state index contributed by atoms with van der Waals surface area (Å²) in [7, 11) is 0. The molecule has 0 unspecified atom stereocenters. The zero-order valence-corrected chi connectivity index (χ0v) is 10.7. The van der Waals surface area contributed by atoms with Gasteiger partial charge < -0.3 is 0 Å². The number of hydrogen-bond acceptors (Lipinski definition) is 0. The van der Waals surface area contributed by atoms with Crippen LogP contribution >= 0.6 is 0 Å². The van der Waals surface area contributed by atoms with E-state index in [1.54, 1.807) is 11.1 Å². The molecular formula is C19H14. The predicted octanol–water partition coefficient (Wildman–Crippen LogP) is 4.55. The van der Waals surface area contributed by atoms with Crippen LogP contribution in [-0.2, 0) is 19.3 Å². The largest absolute Gasteiger partial charge is 0.0795 e. The maximum absolute atomic E-state index is 2.42. The zero-order valence-electron chi connectivity index (χ0n) is 10.7. The van der Waals surface area contributed by atoms with Crippen LogP contribution in [0.5, 0.6) is 0 Å². The minimum Gasteiger partial charge on any atom is -0.0795 e. The highest BCUT2D eigenvalue weighted by Gasteiger charge is 2.21. The highest BCUT2D eigenvalue weighted by molar-refractivity contribution is 6.02. The molecule has 0 atom stereocenters. The van der Waals surface area contributed by atoms with Crippen molar-refractivity contribution in [1.82, 2.24) is 0 Å². The average molecular weight is 242 g/mol. The molecule has 5 rings (SSSR count). The van der Waals surface area contributed by atoms with E-state index in [0.717, 1.165) is 19.3 Å². The van der Waals surface area contributed by atoms with Crippen LogP contribution in [-0.4, -0.2) is 0 Å². The predicted molar refractivity (Wildman–Crippen MR) is 82.2 cm³/mol. The molecule has 3 aliphatic carbocycles. The van der Waals surface area contributed by atoms with Gasteiger partial charge in [0.2, 0.25) is 0 Å². The lowest BCUT2D eigenvalue weighted by Crippen LogP contribution is -1.97. The van der Waals surface area contributed by atoms with Crippen LogP contribution in [0.15, 0.2) is 30.4 Å². The molecule has 0 radical (unpaired) electrons. The summed E-state index contributed by atoms with van der Waals surface area (Å²) in [6, 6.07) is 4.82. The first-order valence-corrected chi connectivity index (χ1v) is 7.06. The summed E-state index contributed by atoms with van der Waals surface area (Å²) in [5.41, 5.74) is 8.98. The maximum atomic E-state index is 2.42. The van der Waals surface area contributed by atoms with Crippen LogP contribution in [0.3, 0.4) is 0 Å². The second kappa shape index (κ2) is 3.27. The van der Waals surface area contributed by atoms with Gasteiger partial charge in [-0.1, -0.05) is 36.5 Å². The van der Waals surface area contributed by atoms with Crippen molar-refractivity contribution in [3.63, 3.8) is 0 Å². The van der Waals surface area contributed by atoms with Crippen molar-refractivity contribution in [3.05, 3.63) is 63.7 Å². The fourth-order valence-corrected chi connectivity index (χ4v) is 3.84. The molecule has 0 aliphatic heterocycles. The zero-order chi connectivity index (χ0) is 12.4. The van der Waals surface area contributed by atoms with Gasteiger partial charge in [0.1, 0.15) is 0 Å². The standard InChI is InChI=1S/C19H14/c1-4-12-10-18-16-8-2-6-14(16)15-7-3-9-17(15)19(18)11-13(12)5-1/h1-4,8-11H,5-7H2. The molecule has 0 aromatic heterocycles. The lowest BCUT2D eigenvalue weighted by molar-refractivity contribution is 1.19.